The average Bonchev–Trinajstić information content (AvgIpc) is 3.00. The molecule has 3 rings (SSSR count). The first-order valence-electron chi connectivity index (χ1n) is 10.8. The summed E-state index contributed by atoms with van der Waals surface area (Å²) in [7, 11) is 0. The highest BCUT2D eigenvalue weighted by molar-refractivity contribution is 6.21. The van der Waals surface area contributed by atoms with Gasteiger partial charge in [0.05, 0.1) is 0 Å². The van der Waals surface area contributed by atoms with E-state index in [9.17, 15) is 9.59 Å². The van der Waals surface area contributed by atoms with Gasteiger partial charge in [0.1, 0.15) is 5.60 Å². The molecule has 1 heterocycles. The average molecular weight is 399 g/mol. The van der Waals surface area contributed by atoms with Gasteiger partial charge in [-0.1, -0.05) is 44.2 Å². The van der Waals surface area contributed by atoms with Gasteiger partial charge in [-0.25, -0.2) is 4.79 Å². The van der Waals surface area contributed by atoms with Crippen molar-refractivity contribution in [2.75, 3.05) is 13.1 Å². The molecule has 5 nitrogen and oxygen atoms in total. The number of fused-ring (bicyclic) bond motifs is 2. The lowest BCUT2D eigenvalue weighted by atomic mass is 9.74. The number of hydrogen-bond donors (Lipinski definition) is 1. The van der Waals surface area contributed by atoms with Crippen molar-refractivity contribution in [1.82, 2.24) is 10.2 Å². The zero-order valence-electron chi connectivity index (χ0n) is 18.4. The van der Waals surface area contributed by atoms with E-state index >= 15 is 0 Å². The van der Waals surface area contributed by atoms with Gasteiger partial charge in [0, 0.05) is 30.1 Å². The summed E-state index contributed by atoms with van der Waals surface area (Å²) in [4.78, 5) is 27.3. The standard InChI is InChI=1S/C24H34N2O3/c1-6-17(7-2)25-21(27)19-16-24(20-11-9-8-10-18(19)20)12-14-26(15-13-24)22(28)29-23(3,4)5/h8-11,16-17H,6-7,12-15H2,1-5H3,(H,25,27). The molecule has 0 atom stereocenters. The van der Waals surface area contributed by atoms with Crippen LogP contribution in [0.2, 0.25) is 0 Å². The Hall–Kier alpha value is -2.30. The van der Waals surface area contributed by atoms with Crippen LogP contribution in [0.25, 0.3) is 5.57 Å². The van der Waals surface area contributed by atoms with Crippen LogP contribution in [-0.4, -0.2) is 41.6 Å². The summed E-state index contributed by atoms with van der Waals surface area (Å²) in [6.07, 6.45) is 5.34. The Kier molecular flexibility index (Phi) is 6.06. The smallest absolute Gasteiger partial charge is 0.410 e. The molecule has 1 saturated heterocycles. The lowest BCUT2D eigenvalue weighted by molar-refractivity contribution is -0.116. The molecule has 158 valence electrons. The second kappa shape index (κ2) is 8.21. The molecule has 1 N–H and O–H groups in total. The summed E-state index contributed by atoms with van der Waals surface area (Å²) >= 11 is 0. The third-order valence-electron chi connectivity index (χ3n) is 6.05. The number of hydrogen-bond acceptors (Lipinski definition) is 3. The van der Waals surface area contributed by atoms with Crippen molar-refractivity contribution < 1.29 is 14.3 Å². The first kappa shape index (κ1) is 21.4. The Morgan fingerprint density at radius 1 is 1.14 bits per heavy atom. The minimum Gasteiger partial charge on any atom is -0.444 e. The normalized spacial score (nSPS) is 17.9. The van der Waals surface area contributed by atoms with E-state index in [-0.39, 0.29) is 23.5 Å². The fraction of sp³-hybridized carbons (Fsp3) is 0.583. The van der Waals surface area contributed by atoms with E-state index in [1.165, 1.54) is 5.56 Å². The van der Waals surface area contributed by atoms with Crippen LogP contribution in [0, 0.1) is 0 Å². The van der Waals surface area contributed by atoms with E-state index < -0.39 is 5.60 Å². The van der Waals surface area contributed by atoms with Gasteiger partial charge >= 0.3 is 6.09 Å². The van der Waals surface area contributed by atoms with E-state index in [0.717, 1.165) is 36.8 Å². The largest absolute Gasteiger partial charge is 0.444 e. The Morgan fingerprint density at radius 2 is 1.76 bits per heavy atom. The molecular formula is C24H34N2O3. The fourth-order valence-electron chi connectivity index (χ4n) is 4.36. The molecule has 1 aromatic rings. The summed E-state index contributed by atoms with van der Waals surface area (Å²) in [5.74, 6) is 0.0117. The van der Waals surface area contributed by atoms with E-state index in [0.29, 0.717) is 13.1 Å². The molecule has 0 aromatic heterocycles. The van der Waals surface area contributed by atoms with Crippen molar-refractivity contribution in [1.29, 1.82) is 0 Å². The molecule has 1 fully saturated rings. The van der Waals surface area contributed by atoms with Crippen LogP contribution in [0.4, 0.5) is 4.79 Å². The molecule has 5 heteroatoms. The number of carbonyl (C=O) groups excluding carboxylic acids is 2. The molecule has 0 radical (unpaired) electrons. The van der Waals surface area contributed by atoms with Crippen LogP contribution in [0.3, 0.4) is 0 Å². The van der Waals surface area contributed by atoms with Gasteiger partial charge in [0.2, 0.25) is 0 Å². The zero-order chi connectivity index (χ0) is 21.2. The van der Waals surface area contributed by atoms with Crippen LogP contribution in [0.5, 0.6) is 0 Å². The molecule has 1 aromatic carbocycles. The molecule has 1 aliphatic carbocycles. The van der Waals surface area contributed by atoms with Gasteiger partial charge < -0.3 is 15.0 Å². The second-order valence-electron chi connectivity index (χ2n) is 9.21. The molecule has 0 saturated carbocycles. The molecule has 0 unspecified atom stereocenters. The molecule has 1 aliphatic heterocycles. The first-order chi connectivity index (χ1) is 13.7. The number of rotatable bonds is 4. The van der Waals surface area contributed by atoms with Gasteiger partial charge in [0.15, 0.2) is 0 Å². The maximum Gasteiger partial charge on any atom is 0.410 e. The number of allylic oxidation sites excluding steroid dienone is 1. The van der Waals surface area contributed by atoms with Gasteiger partial charge in [-0.3, -0.25) is 4.79 Å². The van der Waals surface area contributed by atoms with E-state index in [1.807, 2.05) is 39.0 Å². The van der Waals surface area contributed by atoms with Crippen LogP contribution in [-0.2, 0) is 14.9 Å². The predicted octanol–water partition coefficient (Wildman–Crippen LogP) is 4.66. The lowest BCUT2D eigenvalue weighted by Gasteiger charge is -2.39. The highest BCUT2D eigenvalue weighted by Crippen LogP contribution is 2.47. The Labute approximate surface area is 174 Å². The number of nitrogens with one attached hydrogen (secondary N) is 1. The molecule has 29 heavy (non-hydrogen) atoms. The fourth-order valence-corrected chi connectivity index (χ4v) is 4.36. The van der Waals surface area contributed by atoms with Gasteiger partial charge in [0.25, 0.3) is 5.91 Å². The van der Waals surface area contributed by atoms with Crippen molar-refractivity contribution in [3.63, 3.8) is 0 Å². The van der Waals surface area contributed by atoms with Crippen molar-refractivity contribution in [2.45, 2.75) is 77.4 Å². The quantitative estimate of drug-likeness (QED) is 0.803. The van der Waals surface area contributed by atoms with Crippen molar-refractivity contribution in [3.05, 3.63) is 41.5 Å². The number of benzene rings is 1. The number of nitrogens with zero attached hydrogens (tertiary/aromatic N) is 1. The maximum absolute atomic E-state index is 13.0. The summed E-state index contributed by atoms with van der Waals surface area (Å²) in [6, 6.07) is 8.40. The number of likely N-dealkylation sites (tertiary alicyclic amines) is 1. The third kappa shape index (κ3) is 4.49. The topological polar surface area (TPSA) is 58.6 Å². The van der Waals surface area contributed by atoms with E-state index in [4.69, 9.17) is 4.74 Å². The minimum absolute atomic E-state index is 0.0117. The second-order valence-corrected chi connectivity index (χ2v) is 9.21. The van der Waals surface area contributed by atoms with Crippen molar-refractivity contribution in [3.8, 4) is 0 Å². The van der Waals surface area contributed by atoms with Gasteiger partial charge in [-0.15, -0.1) is 0 Å². The van der Waals surface area contributed by atoms with Crippen molar-refractivity contribution >= 4 is 17.6 Å². The Morgan fingerprint density at radius 3 is 2.34 bits per heavy atom. The monoisotopic (exact) mass is 398 g/mol. The summed E-state index contributed by atoms with van der Waals surface area (Å²) in [6.45, 7) is 11.1. The van der Waals surface area contributed by atoms with Crippen LogP contribution >= 0.6 is 0 Å². The van der Waals surface area contributed by atoms with Crippen LogP contribution in [0.1, 0.15) is 71.4 Å². The SMILES string of the molecule is CCC(CC)NC(=O)C1=CC2(CCN(C(=O)OC(C)(C)C)CC2)c2ccccc21. The van der Waals surface area contributed by atoms with Gasteiger partial charge in [-0.2, -0.15) is 0 Å². The summed E-state index contributed by atoms with van der Waals surface area (Å²) in [5.41, 5.74) is 2.33. The predicted molar refractivity (Wildman–Crippen MR) is 116 cm³/mol. The summed E-state index contributed by atoms with van der Waals surface area (Å²) in [5, 5.41) is 3.18. The molecule has 0 bridgehead atoms. The first-order valence-corrected chi connectivity index (χ1v) is 10.8. The maximum atomic E-state index is 13.0. The molecule has 2 aliphatic rings. The highest BCUT2D eigenvalue weighted by Gasteiger charge is 2.43. The molecule has 1 spiro atoms. The lowest BCUT2D eigenvalue weighted by Crippen LogP contribution is -2.45. The highest BCUT2D eigenvalue weighted by atomic mass is 16.6. The van der Waals surface area contributed by atoms with Crippen LogP contribution in [0.15, 0.2) is 30.3 Å². The summed E-state index contributed by atoms with van der Waals surface area (Å²) < 4.78 is 5.53. The van der Waals surface area contributed by atoms with Crippen molar-refractivity contribution in [2.24, 2.45) is 0 Å². The van der Waals surface area contributed by atoms with E-state index in [2.05, 4.69) is 31.3 Å². The Balaban J connectivity index is 1.80. The zero-order valence-corrected chi connectivity index (χ0v) is 18.4. The minimum atomic E-state index is -0.494. The number of ether oxygens (including phenoxy) is 1. The third-order valence-corrected chi connectivity index (χ3v) is 6.05. The van der Waals surface area contributed by atoms with E-state index in [1.54, 1.807) is 4.90 Å². The molecule has 2 amide bonds. The van der Waals surface area contributed by atoms with Gasteiger partial charge in [-0.05, 0) is 57.6 Å². The number of carbonyl (C=O) groups is 2. The van der Waals surface area contributed by atoms with Crippen LogP contribution < -0.4 is 5.32 Å². The number of amides is 2. The Bertz CT molecular complexity index is 795. The molecular weight excluding hydrogens is 364 g/mol. The number of piperidine rings is 1.